The Morgan fingerprint density at radius 3 is 2.03 bits per heavy atom. The summed E-state index contributed by atoms with van der Waals surface area (Å²) >= 11 is 0. The van der Waals surface area contributed by atoms with Gasteiger partial charge >= 0.3 is 0 Å². The molecule has 176 valence electrons. The van der Waals surface area contributed by atoms with Crippen molar-refractivity contribution in [3.63, 3.8) is 0 Å². The molecule has 2 aliphatic heterocycles. The smallest absolute Gasteiger partial charge is 0.222 e. The van der Waals surface area contributed by atoms with Crippen LogP contribution in [0.4, 0.5) is 0 Å². The molecule has 1 unspecified atom stereocenters. The van der Waals surface area contributed by atoms with Gasteiger partial charge in [0.2, 0.25) is 5.79 Å². The van der Waals surface area contributed by atoms with Crippen LogP contribution in [0, 0.1) is 0 Å². The molecule has 3 rings (SSSR count). The fourth-order valence-electron chi connectivity index (χ4n) is 3.71. The average Bonchev–Trinajstić information content (AvgIpc) is 2.79. The zero-order chi connectivity index (χ0) is 22.9. The summed E-state index contributed by atoms with van der Waals surface area (Å²) in [4.78, 5) is 0. The van der Waals surface area contributed by atoms with Crippen LogP contribution < -0.4 is 4.74 Å². The van der Waals surface area contributed by atoms with Crippen molar-refractivity contribution in [1.82, 2.24) is 0 Å². The Hall–Kier alpha value is -1.42. The van der Waals surface area contributed by atoms with Crippen molar-refractivity contribution >= 4 is 0 Å². The van der Waals surface area contributed by atoms with Gasteiger partial charge in [0.05, 0.1) is 20.3 Å². The number of benzene rings is 1. The highest BCUT2D eigenvalue weighted by Crippen LogP contribution is 2.39. The second-order valence-corrected chi connectivity index (χ2v) is 7.50. The van der Waals surface area contributed by atoms with Crippen molar-refractivity contribution in [1.29, 1.82) is 0 Å². The summed E-state index contributed by atoms with van der Waals surface area (Å²) in [5, 5.41) is 81.1. The monoisotopic (exact) mass is 448 g/mol. The lowest BCUT2D eigenvalue weighted by molar-refractivity contribution is -0.389. The summed E-state index contributed by atoms with van der Waals surface area (Å²) in [5.41, 5.74) is 0.0737. The quantitative estimate of drug-likeness (QED) is 0.211. The molecule has 1 aromatic carbocycles. The van der Waals surface area contributed by atoms with Crippen LogP contribution in [0.5, 0.6) is 5.75 Å². The van der Waals surface area contributed by atoms with Gasteiger partial charge < -0.3 is 59.8 Å². The number of hydrogen-bond acceptors (Lipinski definition) is 12. The third-order valence-electron chi connectivity index (χ3n) is 5.58. The van der Waals surface area contributed by atoms with Crippen molar-refractivity contribution in [3.8, 4) is 5.75 Å². The topological polar surface area (TPSA) is 199 Å². The highest BCUT2D eigenvalue weighted by Gasteiger charge is 2.56. The summed E-state index contributed by atoms with van der Waals surface area (Å²) < 4.78 is 21.2. The molecule has 0 radical (unpaired) electrons. The standard InChI is InChI=1S/C19H28O12/c1-28-9-4-2-8(3-5-9)19(27)17(26)15(25)16(11(7-21)31-19)30-18-14(24)13(23)12(22)10(6-20)29-18/h2-5,10-18,20-27H,6-7H2,1H3/t10-,11-,12+,13+,14-,15+,16-,17-,18+,19?/m1/s1. The second kappa shape index (κ2) is 9.60. The van der Waals surface area contributed by atoms with Crippen LogP contribution in [0.2, 0.25) is 0 Å². The SMILES string of the molecule is COc1ccc(C2(O)O[C@H](CO)[C@@H](O[C@@H]3O[C@H](CO)[C@H](O)[C@H](O)[C@H]3O)[C@H](O)[C@H]2O)cc1. The first kappa shape index (κ1) is 24.2. The van der Waals surface area contributed by atoms with E-state index in [2.05, 4.69) is 0 Å². The second-order valence-electron chi connectivity index (χ2n) is 7.50. The minimum atomic E-state index is -2.41. The molecule has 2 heterocycles. The zero-order valence-corrected chi connectivity index (χ0v) is 16.6. The van der Waals surface area contributed by atoms with Gasteiger partial charge in [-0.15, -0.1) is 0 Å². The van der Waals surface area contributed by atoms with E-state index in [4.69, 9.17) is 18.9 Å². The first-order valence-electron chi connectivity index (χ1n) is 9.65. The average molecular weight is 448 g/mol. The normalized spacial score (nSPS) is 43.6. The lowest BCUT2D eigenvalue weighted by Crippen LogP contribution is -2.67. The van der Waals surface area contributed by atoms with Gasteiger partial charge in [-0.25, -0.2) is 0 Å². The van der Waals surface area contributed by atoms with Crippen LogP contribution in [0.25, 0.3) is 0 Å². The van der Waals surface area contributed by atoms with Gasteiger partial charge in [0.25, 0.3) is 0 Å². The van der Waals surface area contributed by atoms with Crippen molar-refractivity contribution in [2.75, 3.05) is 20.3 Å². The van der Waals surface area contributed by atoms with Gasteiger partial charge in [-0.1, -0.05) is 0 Å². The zero-order valence-electron chi connectivity index (χ0n) is 16.6. The summed E-state index contributed by atoms with van der Waals surface area (Å²) in [6, 6.07) is 5.81. The number of hydrogen-bond donors (Lipinski definition) is 8. The Balaban J connectivity index is 1.82. The Morgan fingerprint density at radius 2 is 1.48 bits per heavy atom. The molecule has 1 aromatic rings. The van der Waals surface area contributed by atoms with Gasteiger partial charge in [-0.2, -0.15) is 0 Å². The summed E-state index contributed by atoms with van der Waals surface area (Å²) in [6.45, 7) is -1.46. The molecule has 0 spiro atoms. The highest BCUT2D eigenvalue weighted by atomic mass is 16.7. The minimum absolute atomic E-state index is 0.0737. The number of aliphatic hydroxyl groups is 8. The van der Waals surface area contributed by atoms with E-state index in [9.17, 15) is 40.9 Å². The molecule has 8 N–H and O–H groups in total. The number of aliphatic hydroxyl groups excluding tert-OH is 7. The maximum absolute atomic E-state index is 11.0. The number of rotatable bonds is 6. The van der Waals surface area contributed by atoms with Crippen LogP contribution in [-0.2, 0) is 20.0 Å². The van der Waals surface area contributed by atoms with Crippen LogP contribution in [0.3, 0.4) is 0 Å². The van der Waals surface area contributed by atoms with Crippen molar-refractivity contribution in [2.45, 2.75) is 60.9 Å². The van der Waals surface area contributed by atoms with E-state index < -0.39 is 74.1 Å². The molecule has 12 nitrogen and oxygen atoms in total. The molecule has 2 fully saturated rings. The number of ether oxygens (including phenoxy) is 4. The van der Waals surface area contributed by atoms with Gasteiger partial charge in [-0.3, -0.25) is 0 Å². The summed E-state index contributed by atoms with van der Waals surface area (Å²) in [6.07, 6.45) is -14.7. The van der Waals surface area contributed by atoms with Crippen LogP contribution in [0.15, 0.2) is 24.3 Å². The highest BCUT2D eigenvalue weighted by molar-refractivity contribution is 5.31. The van der Waals surface area contributed by atoms with Crippen molar-refractivity contribution in [2.24, 2.45) is 0 Å². The predicted molar refractivity (Wildman–Crippen MR) is 99.5 cm³/mol. The van der Waals surface area contributed by atoms with Gasteiger partial charge in [-0.05, 0) is 24.3 Å². The van der Waals surface area contributed by atoms with Gasteiger partial charge in [0, 0.05) is 5.56 Å². The molecule has 0 aliphatic carbocycles. The Morgan fingerprint density at radius 1 is 0.871 bits per heavy atom. The fraction of sp³-hybridized carbons (Fsp3) is 0.684. The molecule has 31 heavy (non-hydrogen) atoms. The van der Waals surface area contributed by atoms with Gasteiger partial charge in [0.15, 0.2) is 6.29 Å². The first-order chi connectivity index (χ1) is 14.7. The predicted octanol–water partition coefficient (Wildman–Crippen LogP) is -3.86. The molecule has 0 saturated carbocycles. The lowest BCUT2D eigenvalue weighted by Gasteiger charge is -2.49. The largest absolute Gasteiger partial charge is 0.497 e. The van der Waals surface area contributed by atoms with Crippen molar-refractivity contribution in [3.05, 3.63) is 29.8 Å². The molecule has 0 aromatic heterocycles. The van der Waals surface area contributed by atoms with Crippen LogP contribution in [-0.4, -0.2) is 116 Å². The number of methoxy groups -OCH3 is 1. The van der Waals surface area contributed by atoms with E-state index in [1.54, 1.807) is 0 Å². The molecule has 12 heteroatoms. The third-order valence-corrected chi connectivity index (χ3v) is 5.58. The van der Waals surface area contributed by atoms with Crippen LogP contribution in [0.1, 0.15) is 5.56 Å². The van der Waals surface area contributed by atoms with Crippen LogP contribution >= 0.6 is 0 Å². The maximum Gasteiger partial charge on any atom is 0.222 e. The maximum atomic E-state index is 11.0. The van der Waals surface area contributed by atoms with E-state index in [1.807, 2.05) is 0 Å². The molecule has 10 atom stereocenters. The van der Waals surface area contributed by atoms with E-state index in [1.165, 1.54) is 31.4 Å². The molecular formula is C19H28O12. The minimum Gasteiger partial charge on any atom is -0.497 e. The molecule has 0 amide bonds. The van der Waals surface area contributed by atoms with E-state index in [0.717, 1.165) is 0 Å². The van der Waals surface area contributed by atoms with Crippen molar-refractivity contribution < 1.29 is 59.8 Å². The Kier molecular flexibility index (Phi) is 7.50. The fourth-order valence-corrected chi connectivity index (χ4v) is 3.71. The van der Waals surface area contributed by atoms with E-state index in [-0.39, 0.29) is 5.56 Å². The lowest BCUT2D eigenvalue weighted by atomic mass is 9.88. The van der Waals surface area contributed by atoms with E-state index in [0.29, 0.717) is 5.75 Å². The summed E-state index contributed by atoms with van der Waals surface area (Å²) in [7, 11) is 1.45. The Bertz CT molecular complexity index is 712. The first-order valence-corrected chi connectivity index (χ1v) is 9.65. The third kappa shape index (κ3) is 4.42. The molecular weight excluding hydrogens is 420 g/mol. The molecule has 2 aliphatic rings. The van der Waals surface area contributed by atoms with E-state index >= 15 is 0 Å². The van der Waals surface area contributed by atoms with Gasteiger partial charge in [0.1, 0.15) is 54.6 Å². The Labute approximate surface area is 177 Å². The summed E-state index contributed by atoms with van der Waals surface area (Å²) in [5.74, 6) is -1.94. The molecule has 2 saturated heterocycles. The molecule has 0 bridgehead atoms.